The van der Waals surface area contributed by atoms with Crippen molar-refractivity contribution in [3.63, 3.8) is 0 Å². The molecule has 0 fully saturated rings. The van der Waals surface area contributed by atoms with Crippen LogP contribution < -0.4 is 5.73 Å². The lowest BCUT2D eigenvalue weighted by molar-refractivity contribution is 0.584. The van der Waals surface area contributed by atoms with Crippen molar-refractivity contribution >= 4 is 20.7 Å². The minimum Gasteiger partial charge on any atom is -0.344 e. The molecule has 2 aromatic rings. The number of fused-ring (bicyclic) bond motifs is 1. The first-order valence-electron chi connectivity index (χ1n) is 6.92. The average molecular weight is 294 g/mol. The van der Waals surface area contributed by atoms with Crippen LogP contribution in [0.4, 0.5) is 0 Å². The zero-order chi connectivity index (χ0) is 14.9. The van der Waals surface area contributed by atoms with E-state index < -0.39 is 9.84 Å². The number of hydrogen-bond acceptors (Lipinski definition) is 3. The smallest absolute Gasteiger partial charge is 0.158 e. The van der Waals surface area contributed by atoms with Crippen molar-refractivity contribution in [2.75, 3.05) is 0 Å². The predicted molar refractivity (Wildman–Crippen MR) is 83.3 cm³/mol. The molecule has 2 rings (SSSR count). The molecule has 0 bridgehead atoms. The zero-order valence-corrected chi connectivity index (χ0v) is 13.1. The minimum absolute atomic E-state index is 0.0806. The first-order chi connectivity index (χ1) is 9.40. The highest BCUT2D eigenvalue weighted by atomic mass is 32.2. The van der Waals surface area contributed by atoms with Gasteiger partial charge in [-0.3, -0.25) is 0 Å². The normalized spacial score (nSPS) is 12.4. The van der Waals surface area contributed by atoms with Crippen LogP contribution in [-0.2, 0) is 28.7 Å². The molecule has 0 aliphatic carbocycles. The molecule has 4 nitrogen and oxygen atoms in total. The number of aromatic nitrogens is 1. The van der Waals surface area contributed by atoms with Crippen molar-refractivity contribution in [2.24, 2.45) is 5.73 Å². The monoisotopic (exact) mass is 294 g/mol. The summed E-state index contributed by atoms with van der Waals surface area (Å²) < 4.78 is 26.4. The van der Waals surface area contributed by atoms with Gasteiger partial charge in [0.1, 0.15) is 0 Å². The Kier molecular flexibility index (Phi) is 4.20. The Bertz CT molecular complexity index is 715. The minimum atomic E-state index is -3.10. The van der Waals surface area contributed by atoms with Crippen molar-refractivity contribution in [3.05, 3.63) is 35.5 Å². The molecule has 1 aromatic carbocycles. The molecule has 20 heavy (non-hydrogen) atoms. The summed E-state index contributed by atoms with van der Waals surface area (Å²) in [6.07, 6.45) is 0. The third kappa shape index (κ3) is 2.60. The summed E-state index contributed by atoms with van der Waals surface area (Å²) in [5.41, 5.74) is 8.75. The Labute approximate surface area is 120 Å². The fourth-order valence-electron chi connectivity index (χ4n) is 2.48. The molecule has 110 valence electrons. The van der Waals surface area contributed by atoms with E-state index in [0.717, 1.165) is 28.7 Å². The molecule has 0 saturated heterocycles. The van der Waals surface area contributed by atoms with Crippen LogP contribution in [-0.4, -0.2) is 18.2 Å². The molecule has 0 saturated carbocycles. The number of para-hydroxylation sites is 1. The van der Waals surface area contributed by atoms with Crippen molar-refractivity contribution in [3.8, 4) is 0 Å². The Morgan fingerprint density at radius 2 is 2.00 bits per heavy atom. The second kappa shape index (κ2) is 5.58. The molecule has 0 unspecified atom stereocenters. The van der Waals surface area contributed by atoms with Gasteiger partial charge in [-0.1, -0.05) is 18.2 Å². The topological polar surface area (TPSA) is 65.1 Å². The summed E-state index contributed by atoms with van der Waals surface area (Å²) in [5.74, 6) is 0.0806. The van der Waals surface area contributed by atoms with Crippen LogP contribution in [0.3, 0.4) is 0 Å². The average Bonchev–Trinajstić information content (AvgIpc) is 2.74. The van der Waals surface area contributed by atoms with Gasteiger partial charge < -0.3 is 10.3 Å². The SMILES string of the molecule is CCn1c(CS(=O)(=O)C(C)C)cc2cccc(CN)c21. The van der Waals surface area contributed by atoms with Gasteiger partial charge >= 0.3 is 0 Å². The van der Waals surface area contributed by atoms with E-state index in [1.165, 1.54) is 0 Å². The highest BCUT2D eigenvalue weighted by Gasteiger charge is 2.20. The number of sulfone groups is 1. The van der Waals surface area contributed by atoms with E-state index in [0.29, 0.717) is 6.54 Å². The van der Waals surface area contributed by atoms with E-state index >= 15 is 0 Å². The summed E-state index contributed by atoms with van der Waals surface area (Å²) in [4.78, 5) is 0. The second-order valence-corrected chi connectivity index (χ2v) is 7.85. The van der Waals surface area contributed by atoms with Crippen LogP contribution >= 0.6 is 0 Å². The number of nitrogens with zero attached hydrogens (tertiary/aromatic N) is 1. The number of benzene rings is 1. The number of aryl methyl sites for hydroxylation is 1. The van der Waals surface area contributed by atoms with Crippen molar-refractivity contribution in [1.29, 1.82) is 0 Å². The zero-order valence-electron chi connectivity index (χ0n) is 12.3. The molecule has 0 aliphatic heterocycles. The van der Waals surface area contributed by atoms with Gasteiger partial charge in [0.05, 0.1) is 16.5 Å². The lowest BCUT2D eigenvalue weighted by atomic mass is 10.1. The molecule has 0 spiro atoms. The Morgan fingerprint density at radius 1 is 1.30 bits per heavy atom. The van der Waals surface area contributed by atoms with Gasteiger partial charge in [0.15, 0.2) is 9.84 Å². The van der Waals surface area contributed by atoms with Crippen LogP contribution in [0.5, 0.6) is 0 Å². The van der Waals surface area contributed by atoms with E-state index in [1.54, 1.807) is 13.8 Å². The number of hydrogen-bond donors (Lipinski definition) is 1. The molecular weight excluding hydrogens is 272 g/mol. The van der Waals surface area contributed by atoms with Gasteiger partial charge in [-0.25, -0.2) is 8.42 Å². The molecular formula is C15H22N2O2S. The summed E-state index contributed by atoms with van der Waals surface area (Å²) in [6, 6.07) is 7.94. The standard InChI is InChI=1S/C15H22N2O2S/c1-4-17-14(10-20(18,19)11(2)3)8-12-6-5-7-13(9-16)15(12)17/h5-8,11H,4,9-10,16H2,1-3H3. The van der Waals surface area contributed by atoms with E-state index in [-0.39, 0.29) is 11.0 Å². The molecule has 2 N–H and O–H groups in total. The predicted octanol–water partition coefficient (Wildman–Crippen LogP) is 2.44. The largest absolute Gasteiger partial charge is 0.344 e. The van der Waals surface area contributed by atoms with Gasteiger partial charge in [0, 0.05) is 24.2 Å². The van der Waals surface area contributed by atoms with Crippen LogP contribution in [0, 0.1) is 0 Å². The molecule has 0 atom stereocenters. The third-order valence-corrected chi connectivity index (χ3v) is 5.83. The Balaban J connectivity index is 2.61. The summed E-state index contributed by atoms with van der Waals surface area (Å²) in [5, 5.41) is 0.698. The van der Waals surface area contributed by atoms with Gasteiger partial charge in [-0.05, 0) is 32.4 Å². The Morgan fingerprint density at radius 3 is 2.55 bits per heavy atom. The first kappa shape index (κ1) is 15.1. The molecule has 0 amide bonds. The van der Waals surface area contributed by atoms with Crippen LogP contribution in [0.25, 0.3) is 10.9 Å². The van der Waals surface area contributed by atoms with E-state index in [2.05, 4.69) is 4.57 Å². The van der Waals surface area contributed by atoms with Crippen LogP contribution in [0.15, 0.2) is 24.3 Å². The van der Waals surface area contributed by atoms with Crippen LogP contribution in [0.2, 0.25) is 0 Å². The van der Waals surface area contributed by atoms with E-state index in [9.17, 15) is 8.42 Å². The lowest BCUT2D eigenvalue weighted by Gasteiger charge is -2.12. The molecule has 0 aliphatic rings. The maximum absolute atomic E-state index is 12.2. The molecule has 1 aromatic heterocycles. The fourth-order valence-corrected chi connectivity index (χ4v) is 3.46. The first-order valence-corrected chi connectivity index (χ1v) is 8.64. The summed E-state index contributed by atoms with van der Waals surface area (Å²) in [7, 11) is -3.10. The lowest BCUT2D eigenvalue weighted by Crippen LogP contribution is -2.18. The van der Waals surface area contributed by atoms with Gasteiger partial charge in [0.2, 0.25) is 0 Å². The number of nitrogens with two attached hydrogens (primary N) is 1. The molecule has 1 heterocycles. The van der Waals surface area contributed by atoms with Gasteiger partial charge in [-0.15, -0.1) is 0 Å². The summed E-state index contributed by atoms with van der Waals surface area (Å²) in [6.45, 7) is 6.67. The van der Waals surface area contributed by atoms with Crippen LogP contribution in [0.1, 0.15) is 32.0 Å². The highest BCUT2D eigenvalue weighted by molar-refractivity contribution is 7.91. The van der Waals surface area contributed by atoms with Crippen molar-refractivity contribution in [1.82, 2.24) is 4.57 Å². The maximum Gasteiger partial charge on any atom is 0.158 e. The quantitative estimate of drug-likeness (QED) is 0.921. The highest BCUT2D eigenvalue weighted by Crippen LogP contribution is 2.25. The molecule has 0 radical (unpaired) electrons. The Hall–Kier alpha value is -1.33. The third-order valence-electron chi connectivity index (χ3n) is 3.69. The summed E-state index contributed by atoms with van der Waals surface area (Å²) >= 11 is 0. The van der Waals surface area contributed by atoms with Crippen molar-refractivity contribution in [2.45, 2.75) is 44.9 Å². The second-order valence-electron chi connectivity index (χ2n) is 5.29. The maximum atomic E-state index is 12.2. The van der Waals surface area contributed by atoms with Gasteiger partial charge in [0.25, 0.3) is 0 Å². The van der Waals surface area contributed by atoms with E-state index in [4.69, 9.17) is 5.73 Å². The van der Waals surface area contributed by atoms with Gasteiger partial charge in [-0.2, -0.15) is 0 Å². The van der Waals surface area contributed by atoms with Crippen molar-refractivity contribution < 1.29 is 8.42 Å². The fraction of sp³-hybridized carbons (Fsp3) is 0.467. The molecule has 5 heteroatoms. The number of rotatable bonds is 5. The van der Waals surface area contributed by atoms with E-state index in [1.807, 2.05) is 31.2 Å².